The van der Waals surface area contributed by atoms with E-state index in [0.29, 0.717) is 5.92 Å². The van der Waals surface area contributed by atoms with Gasteiger partial charge in [-0.15, -0.1) is 12.4 Å². The molecule has 1 aliphatic rings. The third kappa shape index (κ3) is 5.04. The van der Waals surface area contributed by atoms with Crippen LogP contribution < -0.4 is 5.32 Å². The second-order valence-electron chi connectivity index (χ2n) is 5.73. The molecule has 0 atom stereocenters. The highest BCUT2D eigenvalue weighted by atomic mass is 35.5. The second-order valence-corrected chi connectivity index (χ2v) is 5.73. The molecule has 0 radical (unpaired) electrons. The van der Waals surface area contributed by atoms with Crippen LogP contribution in [0.15, 0.2) is 4.52 Å². The molecule has 20 heavy (non-hydrogen) atoms. The summed E-state index contributed by atoms with van der Waals surface area (Å²) in [5.41, 5.74) is 0. The third-order valence-electron chi connectivity index (χ3n) is 3.75. The molecule has 6 heteroatoms. The van der Waals surface area contributed by atoms with Gasteiger partial charge in [-0.2, -0.15) is 4.98 Å². The van der Waals surface area contributed by atoms with Crippen LogP contribution in [0.5, 0.6) is 0 Å². The number of piperidine rings is 1. The number of hydrogen-bond acceptors (Lipinski definition) is 5. The number of nitrogens with one attached hydrogen (secondary N) is 1. The molecule has 0 bridgehead atoms. The fourth-order valence-electron chi connectivity index (χ4n) is 2.46. The Balaban J connectivity index is 0.00000200. The minimum atomic E-state index is 0. The summed E-state index contributed by atoms with van der Waals surface area (Å²) in [6.45, 7) is 11.6. The summed E-state index contributed by atoms with van der Waals surface area (Å²) in [5, 5.41) is 7.45. The van der Waals surface area contributed by atoms with Gasteiger partial charge < -0.3 is 9.84 Å². The van der Waals surface area contributed by atoms with Crippen molar-refractivity contribution < 1.29 is 4.52 Å². The lowest BCUT2D eigenvalue weighted by Gasteiger charge is -2.30. The van der Waals surface area contributed by atoms with Crippen LogP contribution in [-0.4, -0.2) is 41.2 Å². The quantitative estimate of drug-likeness (QED) is 0.875. The van der Waals surface area contributed by atoms with Crippen molar-refractivity contribution >= 4 is 12.4 Å². The Bertz CT molecular complexity index is 375. The van der Waals surface area contributed by atoms with Crippen LogP contribution in [0.4, 0.5) is 0 Å². The van der Waals surface area contributed by atoms with E-state index < -0.39 is 0 Å². The first-order chi connectivity index (χ1) is 9.19. The lowest BCUT2D eigenvalue weighted by Crippen LogP contribution is -2.36. The molecule has 0 saturated carbocycles. The lowest BCUT2D eigenvalue weighted by atomic mass is 9.97. The normalized spacial score (nSPS) is 17.4. The monoisotopic (exact) mass is 302 g/mol. The van der Waals surface area contributed by atoms with Crippen LogP contribution in [0.25, 0.3) is 0 Å². The molecule has 0 aliphatic carbocycles. The molecule has 1 aromatic heterocycles. The predicted molar refractivity (Wildman–Crippen MR) is 82.2 cm³/mol. The maximum atomic E-state index is 5.31. The van der Waals surface area contributed by atoms with Gasteiger partial charge in [0.2, 0.25) is 5.89 Å². The molecule has 1 N–H and O–H groups in total. The van der Waals surface area contributed by atoms with Gasteiger partial charge in [0.15, 0.2) is 5.82 Å². The van der Waals surface area contributed by atoms with E-state index in [2.05, 4.69) is 41.1 Å². The van der Waals surface area contributed by atoms with Crippen molar-refractivity contribution in [3.8, 4) is 0 Å². The lowest BCUT2D eigenvalue weighted by molar-refractivity contribution is 0.158. The molecule has 2 heterocycles. The van der Waals surface area contributed by atoms with Crippen molar-refractivity contribution in [2.75, 3.05) is 26.2 Å². The largest absolute Gasteiger partial charge is 0.338 e. The zero-order valence-electron chi connectivity index (χ0n) is 12.8. The Morgan fingerprint density at radius 1 is 1.35 bits per heavy atom. The third-order valence-corrected chi connectivity index (χ3v) is 3.75. The molecule has 1 saturated heterocycles. The van der Waals surface area contributed by atoms with E-state index in [-0.39, 0.29) is 12.4 Å². The van der Waals surface area contributed by atoms with Gasteiger partial charge in [-0.1, -0.05) is 25.9 Å². The topological polar surface area (TPSA) is 54.2 Å². The number of aromatic nitrogens is 2. The number of hydrogen-bond donors (Lipinski definition) is 1. The number of likely N-dealkylation sites (tertiary alicyclic amines) is 1. The standard InChI is InChI=1S/C14H26N4O.ClH/c1-4-15-9-12-5-7-18(8-6-12)10-13-16-14(11(2)3)17-19-13;/h11-12,15H,4-10H2,1-3H3;1H. The van der Waals surface area contributed by atoms with Crippen LogP contribution >= 0.6 is 12.4 Å². The van der Waals surface area contributed by atoms with Crippen molar-refractivity contribution in [3.05, 3.63) is 11.7 Å². The Hall–Kier alpha value is -0.650. The van der Waals surface area contributed by atoms with Crippen LogP contribution in [-0.2, 0) is 6.54 Å². The number of nitrogens with zero attached hydrogens (tertiary/aromatic N) is 3. The average Bonchev–Trinajstić information content (AvgIpc) is 2.87. The van der Waals surface area contributed by atoms with Crippen LogP contribution in [0.1, 0.15) is 51.2 Å². The molecule has 5 nitrogen and oxygen atoms in total. The van der Waals surface area contributed by atoms with E-state index in [4.69, 9.17) is 4.52 Å². The summed E-state index contributed by atoms with van der Waals surface area (Å²) in [6.07, 6.45) is 2.52. The Kier molecular flexibility index (Phi) is 7.48. The van der Waals surface area contributed by atoms with Gasteiger partial charge in [0, 0.05) is 5.92 Å². The summed E-state index contributed by atoms with van der Waals surface area (Å²) in [4.78, 5) is 6.86. The molecule has 1 aliphatic heterocycles. The van der Waals surface area contributed by atoms with Crippen molar-refractivity contribution in [3.63, 3.8) is 0 Å². The summed E-state index contributed by atoms with van der Waals surface area (Å²) >= 11 is 0. The van der Waals surface area contributed by atoms with Gasteiger partial charge in [-0.05, 0) is 44.9 Å². The fourth-order valence-corrected chi connectivity index (χ4v) is 2.46. The van der Waals surface area contributed by atoms with E-state index in [1.54, 1.807) is 0 Å². The van der Waals surface area contributed by atoms with Crippen molar-refractivity contribution in [2.45, 2.75) is 46.1 Å². The smallest absolute Gasteiger partial charge is 0.240 e. The second kappa shape index (κ2) is 8.60. The molecule has 0 amide bonds. The highest BCUT2D eigenvalue weighted by Crippen LogP contribution is 2.18. The Labute approximate surface area is 127 Å². The average molecular weight is 303 g/mol. The molecular weight excluding hydrogens is 276 g/mol. The minimum Gasteiger partial charge on any atom is -0.338 e. The molecule has 1 fully saturated rings. The van der Waals surface area contributed by atoms with E-state index in [0.717, 1.165) is 50.4 Å². The summed E-state index contributed by atoms with van der Waals surface area (Å²) in [5.74, 6) is 2.74. The molecule has 0 aromatic carbocycles. The molecule has 116 valence electrons. The van der Waals surface area contributed by atoms with Gasteiger partial charge in [0.05, 0.1) is 6.54 Å². The van der Waals surface area contributed by atoms with Crippen molar-refractivity contribution in [2.24, 2.45) is 5.92 Å². The maximum absolute atomic E-state index is 5.31. The van der Waals surface area contributed by atoms with E-state index >= 15 is 0 Å². The highest BCUT2D eigenvalue weighted by Gasteiger charge is 2.20. The molecular formula is C14H27ClN4O. The van der Waals surface area contributed by atoms with Crippen LogP contribution in [0.3, 0.4) is 0 Å². The van der Waals surface area contributed by atoms with Crippen LogP contribution in [0.2, 0.25) is 0 Å². The molecule has 1 aromatic rings. The number of halogens is 1. The molecule has 2 rings (SSSR count). The summed E-state index contributed by atoms with van der Waals surface area (Å²) < 4.78 is 5.31. The van der Waals surface area contributed by atoms with Crippen LogP contribution in [0, 0.1) is 5.92 Å². The molecule has 0 unspecified atom stereocenters. The molecule has 0 spiro atoms. The number of rotatable bonds is 6. The minimum absolute atomic E-state index is 0. The van der Waals surface area contributed by atoms with E-state index in [1.165, 1.54) is 12.8 Å². The Morgan fingerprint density at radius 3 is 2.60 bits per heavy atom. The zero-order valence-corrected chi connectivity index (χ0v) is 13.6. The Morgan fingerprint density at radius 2 is 2.05 bits per heavy atom. The van der Waals surface area contributed by atoms with Gasteiger partial charge in [-0.3, -0.25) is 4.90 Å². The first-order valence-electron chi connectivity index (χ1n) is 7.44. The van der Waals surface area contributed by atoms with Crippen molar-refractivity contribution in [1.82, 2.24) is 20.4 Å². The van der Waals surface area contributed by atoms with Gasteiger partial charge in [0.25, 0.3) is 0 Å². The first kappa shape index (κ1) is 17.4. The van der Waals surface area contributed by atoms with E-state index in [1.807, 2.05) is 0 Å². The fraction of sp³-hybridized carbons (Fsp3) is 0.857. The SMILES string of the molecule is CCNCC1CCN(Cc2nc(C(C)C)no2)CC1.Cl. The first-order valence-corrected chi connectivity index (χ1v) is 7.44. The van der Waals surface area contributed by atoms with Gasteiger partial charge in [-0.25, -0.2) is 0 Å². The van der Waals surface area contributed by atoms with Gasteiger partial charge in [0.1, 0.15) is 0 Å². The van der Waals surface area contributed by atoms with Gasteiger partial charge >= 0.3 is 0 Å². The highest BCUT2D eigenvalue weighted by molar-refractivity contribution is 5.85. The van der Waals surface area contributed by atoms with E-state index in [9.17, 15) is 0 Å². The predicted octanol–water partition coefficient (Wildman–Crippen LogP) is 2.44. The zero-order chi connectivity index (χ0) is 13.7. The maximum Gasteiger partial charge on any atom is 0.240 e. The van der Waals surface area contributed by atoms with Crippen molar-refractivity contribution in [1.29, 1.82) is 0 Å². The summed E-state index contributed by atoms with van der Waals surface area (Å²) in [7, 11) is 0. The summed E-state index contributed by atoms with van der Waals surface area (Å²) in [6, 6.07) is 0.